The van der Waals surface area contributed by atoms with E-state index in [0.717, 1.165) is 51.9 Å². The largest absolute Gasteiger partial charge is 0.481 e. The van der Waals surface area contributed by atoms with Gasteiger partial charge in [0, 0.05) is 16.4 Å². The summed E-state index contributed by atoms with van der Waals surface area (Å²) < 4.78 is 13.7. The minimum atomic E-state index is -0.580. The molecule has 1 N–H and O–H groups in total. The Kier molecular flexibility index (Phi) is 8.67. The third kappa shape index (κ3) is 4.50. The molecular formula is C39H67NO4. The van der Waals surface area contributed by atoms with E-state index >= 15 is 0 Å². The van der Waals surface area contributed by atoms with E-state index in [1.807, 2.05) is 0 Å². The van der Waals surface area contributed by atoms with Crippen molar-refractivity contribution in [2.45, 2.75) is 126 Å². The predicted molar refractivity (Wildman–Crippen MR) is 179 cm³/mol. The molecule has 0 unspecified atom stereocenters. The summed E-state index contributed by atoms with van der Waals surface area (Å²) in [6.07, 6.45) is 9.17. The molecule has 0 spiro atoms. The number of hydrogen-bond donors (Lipinski definition) is 1. The average molecular weight is 614 g/mol. The van der Waals surface area contributed by atoms with Crippen LogP contribution in [0.5, 0.6) is 0 Å². The molecule has 44 heavy (non-hydrogen) atoms. The molecule has 4 fully saturated rings. The van der Waals surface area contributed by atoms with E-state index < -0.39 is 5.97 Å². The van der Waals surface area contributed by atoms with Gasteiger partial charge in [-0.2, -0.15) is 0 Å². The molecule has 0 aromatic heterocycles. The van der Waals surface area contributed by atoms with Crippen LogP contribution in [0.2, 0.25) is 0 Å². The number of rotatable bonds is 8. The van der Waals surface area contributed by atoms with Gasteiger partial charge in [0.25, 0.3) is 0 Å². The molecule has 5 nitrogen and oxygen atoms in total. The Morgan fingerprint density at radius 3 is 2.30 bits per heavy atom. The first kappa shape index (κ1) is 34.4. The first-order valence-corrected chi connectivity index (χ1v) is 18.1. The minimum Gasteiger partial charge on any atom is -0.481 e. The van der Waals surface area contributed by atoms with Crippen LogP contribution in [0, 0.1) is 68.5 Å². The lowest BCUT2D eigenvalue weighted by Crippen LogP contribution is -2.69. The molecule has 2 bridgehead atoms. The van der Waals surface area contributed by atoms with E-state index in [2.05, 4.69) is 101 Å². The summed E-state index contributed by atoms with van der Waals surface area (Å²) in [5.41, 5.74) is 1.10. The quantitative estimate of drug-likeness (QED) is 0.278. The summed E-state index contributed by atoms with van der Waals surface area (Å²) in [4.78, 5) is 15.7. The maximum Gasteiger partial charge on any atom is 0.307 e. The molecule has 0 aromatic carbocycles. The van der Waals surface area contributed by atoms with Crippen molar-refractivity contribution in [2.24, 2.45) is 68.5 Å². The Balaban J connectivity index is 1.52. The fourth-order valence-electron chi connectivity index (χ4n) is 12.4. The average Bonchev–Trinajstić information content (AvgIpc) is 2.92. The van der Waals surface area contributed by atoms with Crippen LogP contribution in [0.4, 0.5) is 0 Å². The fraction of sp³-hybridized carbons (Fsp3) is 0.923. The van der Waals surface area contributed by atoms with Crippen LogP contribution in [0.3, 0.4) is 0 Å². The number of ether oxygens (including phenoxy) is 2. The van der Waals surface area contributed by atoms with Gasteiger partial charge in [0.2, 0.25) is 0 Å². The summed E-state index contributed by atoms with van der Waals surface area (Å²) in [5, 5.41) is 11.0. The highest BCUT2D eigenvalue weighted by molar-refractivity contribution is 5.73. The molecule has 1 aliphatic heterocycles. The van der Waals surface area contributed by atoms with Gasteiger partial charge in [-0.05, 0) is 111 Å². The number of carbonyl (C=O) groups is 1. The standard InChI is InChI=1S/C39H67NO4/c1-24(2)27(6)34(7)18-19-36(9)28-14-15-30-35(8)21-43-23-39(30,29(28)16-17-37(36,10)31(34)33(41)42)20-26(5)32(35)44-22-38(11,25(3)4)40(12)13/h16,24-28,30-32H,14-15,17-23H2,1-13H3,(H,41,42)/t26-,27-,28+,30+,31-,32+,34-,35-,36-,37+,38+,39+/m1/s1. The van der Waals surface area contributed by atoms with E-state index in [1.165, 1.54) is 6.42 Å². The summed E-state index contributed by atoms with van der Waals surface area (Å²) in [7, 11) is 4.36. The van der Waals surface area contributed by atoms with Gasteiger partial charge < -0.3 is 19.5 Å². The summed E-state index contributed by atoms with van der Waals surface area (Å²) >= 11 is 0. The molecular weight excluding hydrogens is 546 g/mol. The van der Waals surface area contributed by atoms with Crippen molar-refractivity contribution in [2.75, 3.05) is 33.9 Å². The summed E-state index contributed by atoms with van der Waals surface area (Å²) in [6, 6.07) is 0. The summed E-state index contributed by atoms with van der Waals surface area (Å²) in [6.45, 7) is 28.2. The number of likely N-dealkylation sites (N-methyl/N-ethyl adjacent to an activating group) is 1. The number of allylic oxidation sites excluding steroid dienone is 1. The molecule has 5 aliphatic rings. The lowest BCUT2D eigenvalue weighted by Gasteiger charge is -2.71. The molecule has 4 aliphatic carbocycles. The smallest absolute Gasteiger partial charge is 0.307 e. The van der Waals surface area contributed by atoms with Crippen molar-refractivity contribution < 1.29 is 19.4 Å². The Morgan fingerprint density at radius 1 is 1.07 bits per heavy atom. The van der Waals surface area contributed by atoms with Gasteiger partial charge in [-0.15, -0.1) is 0 Å². The molecule has 5 rings (SSSR count). The SMILES string of the molecule is CC(C)[C@@H](C)[C@@]1(C)CC[C@]2(C)[C@H]3CC[C@@H]4[C@@]5(COC[C@@]4(C)[C@@H](OC[C@@](C)(C(C)C)N(C)C)[C@H](C)C5)C3=CC[C@@]2(C)[C@@H]1C(=O)O. The van der Waals surface area contributed by atoms with Crippen LogP contribution in [0.25, 0.3) is 0 Å². The third-order valence-corrected chi connectivity index (χ3v) is 16.2. The van der Waals surface area contributed by atoms with Crippen LogP contribution in [-0.2, 0) is 14.3 Å². The van der Waals surface area contributed by atoms with Crippen LogP contribution in [0.1, 0.15) is 115 Å². The number of nitrogens with zero attached hydrogens (tertiary/aromatic N) is 1. The Morgan fingerprint density at radius 2 is 1.73 bits per heavy atom. The van der Waals surface area contributed by atoms with E-state index in [-0.39, 0.29) is 44.6 Å². The van der Waals surface area contributed by atoms with E-state index in [1.54, 1.807) is 5.57 Å². The molecule has 252 valence electrons. The topological polar surface area (TPSA) is 59.0 Å². The van der Waals surface area contributed by atoms with Crippen molar-refractivity contribution in [3.05, 3.63) is 11.6 Å². The van der Waals surface area contributed by atoms with E-state index in [0.29, 0.717) is 35.5 Å². The number of carboxylic acids is 1. The Hall–Kier alpha value is -0.910. The van der Waals surface area contributed by atoms with Crippen molar-refractivity contribution in [1.82, 2.24) is 4.90 Å². The first-order chi connectivity index (χ1) is 20.3. The second-order valence-corrected chi connectivity index (χ2v) is 18.7. The molecule has 0 radical (unpaired) electrons. The van der Waals surface area contributed by atoms with Gasteiger partial charge in [0.1, 0.15) is 0 Å². The Labute approximate surface area is 270 Å². The molecule has 0 amide bonds. The van der Waals surface area contributed by atoms with Gasteiger partial charge in [-0.25, -0.2) is 0 Å². The highest BCUT2D eigenvalue weighted by Crippen LogP contribution is 2.75. The summed E-state index contributed by atoms with van der Waals surface area (Å²) in [5.74, 6) is 1.78. The second kappa shape index (κ2) is 11.1. The van der Waals surface area contributed by atoms with Crippen molar-refractivity contribution in [3.63, 3.8) is 0 Å². The van der Waals surface area contributed by atoms with E-state index in [9.17, 15) is 9.90 Å². The third-order valence-electron chi connectivity index (χ3n) is 16.2. The number of hydrogen-bond acceptors (Lipinski definition) is 4. The molecule has 5 heteroatoms. The molecule has 1 saturated heterocycles. The van der Waals surface area contributed by atoms with Crippen LogP contribution in [-0.4, -0.2) is 61.5 Å². The van der Waals surface area contributed by atoms with Crippen molar-refractivity contribution in [1.29, 1.82) is 0 Å². The monoisotopic (exact) mass is 614 g/mol. The molecule has 12 atom stereocenters. The highest BCUT2D eigenvalue weighted by atomic mass is 16.5. The lowest BCUT2D eigenvalue weighted by atomic mass is 9.34. The lowest BCUT2D eigenvalue weighted by molar-refractivity contribution is -0.255. The number of carboxylic acid groups (broad SMARTS) is 1. The number of fused-ring (bicyclic) bond motifs is 3. The minimum absolute atomic E-state index is 0.0218. The molecule has 3 saturated carbocycles. The van der Waals surface area contributed by atoms with E-state index in [4.69, 9.17) is 9.47 Å². The highest BCUT2D eigenvalue weighted by Gasteiger charge is 2.71. The van der Waals surface area contributed by atoms with Gasteiger partial charge in [0.05, 0.1) is 31.8 Å². The second-order valence-electron chi connectivity index (χ2n) is 18.7. The molecule has 1 heterocycles. The fourth-order valence-corrected chi connectivity index (χ4v) is 12.4. The zero-order valence-electron chi connectivity index (χ0n) is 30.7. The van der Waals surface area contributed by atoms with Gasteiger partial charge in [-0.3, -0.25) is 4.79 Å². The van der Waals surface area contributed by atoms with Crippen molar-refractivity contribution >= 4 is 5.97 Å². The maximum atomic E-state index is 13.3. The zero-order chi connectivity index (χ0) is 32.8. The predicted octanol–water partition coefficient (Wildman–Crippen LogP) is 8.57. The zero-order valence-corrected chi connectivity index (χ0v) is 30.7. The van der Waals surface area contributed by atoms with Crippen LogP contribution >= 0.6 is 0 Å². The first-order valence-electron chi connectivity index (χ1n) is 18.1. The Bertz CT molecular complexity index is 1140. The van der Waals surface area contributed by atoms with Crippen molar-refractivity contribution in [3.8, 4) is 0 Å². The van der Waals surface area contributed by atoms with Gasteiger partial charge >= 0.3 is 5.97 Å². The van der Waals surface area contributed by atoms with Gasteiger partial charge in [-0.1, -0.05) is 80.9 Å². The van der Waals surface area contributed by atoms with Crippen LogP contribution in [0.15, 0.2) is 11.6 Å². The van der Waals surface area contributed by atoms with Gasteiger partial charge in [0.15, 0.2) is 0 Å². The maximum absolute atomic E-state index is 13.3. The number of aliphatic carboxylic acids is 1. The van der Waals surface area contributed by atoms with Crippen LogP contribution < -0.4 is 0 Å². The normalized spacial score (nSPS) is 47.4. The molecule has 0 aromatic rings.